The summed E-state index contributed by atoms with van der Waals surface area (Å²) in [7, 11) is 1.79. The lowest BCUT2D eigenvalue weighted by molar-refractivity contribution is 0.0913. The van der Waals surface area contributed by atoms with Gasteiger partial charge in [0.2, 0.25) is 0 Å². The molecule has 0 amide bonds. The third kappa shape index (κ3) is 1.30. The Morgan fingerprint density at radius 2 is 1.64 bits per heavy atom. The van der Waals surface area contributed by atoms with E-state index < -0.39 is 0 Å². The number of hydrogen-bond acceptors (Lipinski definition) is 2. The zero-order valence-electron chi connectivity index (χ0n) is 6.99. The molecule has 1 N–H and O–H groups in total. The summed E-state index contributed by atoms with van der Waals surface area (Å²) in [4.78, 5) is 0. The van der Waals surface area contributed by atoms with E-state index in [1.54, 1.807) is 7.11 Å². The molecule has 0 saturated heterocycles. The number of methoxy groups -OCH3 is 1. The second kappa shape index (κ2) is 2.76. The van der Waals surface area contributed by atoms with Crippen LogP contribution in [-0.4, -0.2) is 24.4 Å². The molecule has 11 heavy (non-hydrogen) atoms. The van der Waals surface area contributed by atoms with Crippen molar-refractivity contribution in [3.63, 3.8) is 0 Å². The maximum atomic E-state index is 9.35. The van der Waals surface area contributed by atoms with Gasteiger partial charge in [-0.05, 0) is 37.5 Å². The monoisotopic (exact) mass is 156 g/mol. The Balaban J connectivity index is 1.93. The van der Waals surface area contributed by atoms with Crippen LogP contribution in [-0.2, 0) is 4.74 Å². The largest absolute Gasteiger partial charge is 0.393 e. The Bertz CT molecular complexity index is 132. The third-order valence-corrected chi connectivity index (χ3v) is 3.28. The molecule has 0 heterocycles. The minimum absolute atomic E-state index is 0.0113. The number of fused-ring (bicyclic) bond motifs is 1. The maximum Gasteiger partial charge on any atom is 0.0576 e. The van der Waals surface area contributed by atoms with E-state index in [4.69, 9.17) is 4.74 Å². The first-order chi connectivity index (χ1) is 5.29. The van der Waals surface area contributed by atoms with Crippen molar-refractivity contribution in [2.24, 2.45) is 11.8 Å². The lowest BCUT2D eigenvalue weighted by atomic mass is 10.0. The Labute approximate surface area is 67.6 Å². The molecule has 2 rings (SSSR count). The predicted molar refractivity (Wildman–Crippen MR) is 42.3 cm³/mol. The van der Waals surface area contributed by atoms with Crippen molar-refractivity contribution in [3.8, 4) is 0 Å². The van der Waals surface area contributed by atoms with Gasteiger partial charge in [-0.2, -0.15) is 0 Å². The molecule has 2 nitrogen and oxygen atoms in total. The van der Waals surface area contributed by atoms with Crippen molar-refractivity contribution >= 4 is 0 Å². The summed E-state index contributed by atoms with van der Waals surface area (Å²) >= 11 is 0. The van der Waals surface area contributed by atoms with Gasteiger partial charge in [-0.15, -0.1) is 0 Å². The van der Waals surface area contributed by atoms with Crippen LogP contribution in [0.25, 0.3) is 0 Å². The van der Waals surface area contributed by atoms with Crippen molar-refractivity contribution in [3.05, 3.63) is 0 Å². The van der Waals surface area contributed by atoms with Gasteiger partial charge in [0, 0.05) is 7.11 Å². The molecule has 2 heteroatoms. The summed E-state index contributed by atoms with van der Waals surface area (Å²) in [5.74, 6) is 1.52. The molecule has 0 bridgehead atoms. The van der Waals surface area contributed by atoms with E-state index in [0.717, 1.165) is 24.7 Å². The SMILES string of the molecule is CO[C@@H]1C[C@H]2C[C@@H](O)C[C@H]2C1. The molecular formula is C9H16O2. The first-order valence-electron chi connectivity index (χ1n) is 4.50. The van der Waals surface area contributed by atoms with Crippen molar-refractivity contribution in [2.75, 3.05) is 7.11 Å². The quantitative estimate of drug-likeness (QED) is 0.617. The lowest BCUT2D eigenvalue weighted by Crippen LogP contribution is -2.09. The van der Waals surface area contributed by atoms with Crippen molar-refractivity contribution < 1.29 is 9.84 Å². The van der Waals surface area contributed by atoms with E-state index in [-0.39, 0.29) is 6.10 Å². The van der Waals surface area contributed by atoms with Crippen LogP contribution in [0.3, 0.4) is 0 Å². The summed E-state index contributed by atoms with van der Waals surface area (Å²) in [6, 6.07) is 0. The third-order valence-electron chi connectivity index (χ3n) is 3.28. The van der Waals surface area contributed by atoms with Gasteiger partial charge in [-0.25, -0.2) is 0 Å². The molecule has 0 aromatic heterocycles. The van der Waals surface area contributed by atoms with Crippen molar-refractivity contribution in [2.45, 2.75) is 37.9 Å². The number of hydrogen-bond donors (Lipinski definition) is 1. The summed E-state index contributed by atoms with van der Waals surface area (Å²) in [5.41, 5.74) is 0. The van der Waals surface area contributed by atoms with E-state index in [1.165, 1.54) is 12.8 Å². The standard InChI is InChI=1S/C9H16O2/c1-11-9-4-6-2-8(10)3-7(6)5-9/h6-10H,2-5H2,1H3/t6-,7+,8-,9-. The molecule has 0 unspecified atom stereocenters. The van der Waals surface area contributed by atoms with Gasteiger partial charge in [0.15, 0.2) is 0 Å². The van der Waals surface area contributed by atoms with E-state index in [1.807, 2.05) is 0 Å². The number of aliphatic hydroxyl groups is 1. The number of aliphatic hydroxyl groups excluding tert-OH is 1. The van der Waals surface area contributed by atoms with Gasteiger partial charge in [-0.1, -0.05) is 0 Å². The molecule has 4 atom stereocenters. The molecule has 2 aliphatic rings. The number of ether oxygens (including phenoxy) is 1. The Morgan fingerprint density at radius 1 is 1.09 bits per heavy atom. The minimum atomic E-state index is -0.0113. The van der Waals surface area contributed by atoms with E-state index in [9.17, 15) is 5.11 Å². The van der Waals surface area contributed by atoms with Gasteiger partial charge < -0.3 is 9.84 Å². The van der Waals surface area contributed by atoms with Gasteiger partial charge in [0.1, 0.15) is 0 Å². The fourth-order valence-electron chi connectivity index (χ4n) is 2.72. The first-order valence-corrected chi connectivity index (χ1v) is 4.50. The summed E-state index contributed by atoms with van der Waals surface area (Å²) in [5, 5.41) is 9.35. The predicted octanol–water partition coefficient (Wildman–Crippen LogP) is 1.18. The summed E-state index contributed by atoms with van der Waals surface area (Å²) in [6.45, 7) is 0. The highest BCUT2D eigenvalue weighted by atomic mass is 16.5. The molecule has 0 aromatic rings. The molecule has 0 aliphatic heterocycles. The lowest BCUT2D eigenvalue weighted by Gasteiger charge is -2.09. The molecular weight excluding hydrogens is 140 g/mol. The molecule has 2 fully saturated rings. The second-order valence-electron chi connectivity index (χ2n) is 3.97. The summed E-state index contributed by atoms with van der Waals surface area (Å²) < 4.78 is 5.30. The average molecular weight is 156 g/mol. The number of rotatable bonds is 1. The topological polar surface area (TPSA) is 29.5 Å². The Hall–Kier alpha value is -0.0800. The van der Waals surface area contributed by atoms with Crippen LogP contribution >= 0.6 is 0 Å². The molecule has 2 aliphatic carbocycles. The highest BCUT2D eigenvalue weighted by molar-refractivity contribution is 4.91. The van der Waals surface area contributed by atoms with Gasteiger partial charge in [-0.3, -0.25) is 0 Å². The molecule has 0 spiro atoms. The Morgan fingerprint density at radius 3 is 2.09 bits per heavy atom. The van der Waals surface area contributed by atoms with E-state index in [0.29, 0.717) is 6.10 Å². The van der Waals surface area contributed by atoms with Crippen molar-refractivity contribution in [1.82, 2.24) is 0 Å². The zero-order valence-corrected chi connectivity index (χ0v) is 6.99. The average Bonchev–Trinajstić information content (AvgIpc) is 2.43. The highest BCUT2D eigenvalue weighted by Gasteiger charge is 2.40. The van der Waals surface area contributed by atoms with Crippen LogP contribution in [0.15, 0.2) is 0 Å². The van der Waals surface area contributed by atoms with Gasteiger partial charge in [0.25, 0.3) is 0 Å². The van der Waals surface area contributed by atoms with Crippen molar-refractivity contribution in [1.29, 1.82) is 0 Å². The van der Waals surface area contributed by atoms with E-state index in [2.05, 4.69) is 0 Å². The molecule has 0 aromatic carbocycles. The minimum Gasteiger partial charge on any atom is -0.393 e. The fourth-order valence-corrected chi connectivity index (χ4v) is 2.72. The smallest absolute Gasteiger partial charge is 0.0576 e. The van der Waals surface area contributed by atoms with Gasteiger partial charge >= 0.3 is 0 Å². The zero-order chi connectivity index (χ0) is 7.84. The first kappa shape index (κ1) is 7.56. The van der Waals surface area contributed by atoms with Crippen LogP contribution in [0.4, 0.5) is 0 Å². The van der Waals surface area contributed by atoms with Crippen LogP contribution in [0.5, 0.6) is 0 Å². The van der Waals surface area contributed by atoms with Gasteiger partial charge in [0.05, 0.1) is 12.2 Å². The molecule has 2 saturated carbocycles. The highest BCUT2D eigenvalue weighted by Crippen LogP contribution is 2.44. The van der Waals surface area contributed by atoms with Crippen LogP contribution < -0.4 is 0 Å². The van der Waals surface area contributed by atoms with Crippen LogP contribution in [0.1, 0.15) is 25.7 Å². The molecule has 0 radical (unpaired) electrons. The van der Waals surface area contributed by atoms with Crippen LogP contribution in [0, 0.1) is 11.8 Å². The normalized spacial score (nSPS) is 49.6. The van der Waals surface area contributed by atoms with Crippen LogP contribution in [0.2, 0.25) is 0 Å². The maximum absolute atomic E-state index is 9.35. The Kier molecular flexibility index (Phi) is 1.90. The molecule has 64 valence electrons. The fraction of sp³-hybridized carbons (Fsp3) is 1.00. The second-order valence-corrected chi connectivity index (χ2v) is 3.97. The van der Waals surface area contributed by atoms with E-state index >= 15 is 0 Å². The summed E-state index contributed by atoms with van der Waals surface area (Å²) in [6.07, 6.45) is 4.87.